The van der Waals surface area contributed by atoms with Gasteiger partial charge in [0, 0.05) is 28.7 Å². The quantitative estimate of drug-likeness (QED) is 0.316. The molecule has 36 heavy (non-hydrogen) atoms. The zero-order valence-corrected chi connectivity index (χ0v) is 22.1. The molecule has 0 spiro atoms. The van der Waals surface area contributed by atoms with Crippen LogP contribution in [0.4, 0.5) is 15.8 Å². The van der Waals surface area contributed by atoms with Gasteiger partial charge in [-0.1, -0.05) is 34.8 Å². The smallest absolute Gasteiger partial charge is 0.259 e. The lowest BCUT2D eigenvalue weighted by molar-refractivity contribution is -0.117. The number of hydrogen-bond donors (Lipinski definition) is 1. The topological polar surface area (TPSA) is 73.2 Å². The van der Waals surface area contributed by atoms with Gasteiger partial charge in [-0.2, -0.15) is 5.26 Å². The number of benzene rings is 3. The van der Waals surface area contributed by atoms with E-state index in [4.69, 9.17) is 58.0 Å². The molecule has 0 aromatic heterocycles. The molecule has 1 saturated carbocycles. The Kier molecular flexibility index (Phi) is 7.43. The second kappa shape index (κ2) is 10.1. The number of halogens is 6. The van der Waals surface area contributed by atoms with E-state index >= 15 is 0 Å². The number of nitrogens with one attached hydrogen (secondary N) is 1. The van der Waals surface area contributed by atoms with Gasteiger partial charge in [-0.3, -0.25) is 9.59 Å². The molecule has 0 saturated heterocycles. The zero-order valence-electron chi connectivity index (χ0n) is 18.3. The third kappa shape index (κ3) is 5.13. The maximum atomic E-state index is 13.5. The third-order valence-corrected chi connectivity index (χ3v) is 7.50. The third-order valence-electron chi connectivity index (χ3n) is 5.79. The van der Waals surface area contributed by atoms with E-state index in [0.29, 0.717) is 15.6 Å². The highest BCUT2D eigenvalue weighted by Gasteiger charge is 2.67. The molecule has 3 aromatic rings. The first-order valence-electron chi connectivity index (χ1n) is 10.4. The van der Waals surface area contributed by atoms with Crippen molar-refractivity contribution in [3.8, 4) is 6.07 Å². The zero-order chi connectivity index (χ0) is 26.4. The second-order valence-corrected chi connectivity index (χ2v) is 10.9. The summed E-state index contributed by atoms with van der Waals surface area (Å²) >= 11 is 31.2. The first-order chi connectivity index (χ1) is 16.9. The number of anilines is 2. The van der Waals surface area contributed by atoms with Crippen molar-refractivity contribution in [2.75, 3.05) is 17.3 Å². The minimum Gasteiger partial charge on any atom is -0.326 e. The van der Waals surface area contributed by atoms with Crippen LogP contribution in [0.2, 0.25) is 15.1 Å². The van der Waals surface area contributed by atoms with Gasteiger partial charge in [0.15, 0.2) is 0 Å². The standard InChI is InChI=1S/C25H15Cl5FN3O2/c1-34(20-5-2-16(31)8-13(20)11-32)24(36)18-10-17(3-4-19(18)28)33-23(35)22-21(25(22,29)30)12-6-14(26)9-15(27)7-12/h2-10,21-22H,1H3,(H,33,35)/t21-,22+/m0/s1. The Bertz CT molecular complexity index is 1420. The number of hydrogen-bond acceptors (Lipinski definition) is 3. The van der Waals surface area contributed by atoms with E-state index in [2.05, 4.69) is 5.32 Å². The van der Waals surface area contributed by atoms with E-state index in [1.165, 1.54) is 36.2 Å². The number of amides is 2. The Morgan fingerprint density at radius 1 is 1.03 bits per heavy atom. The van der Waals surface area contributed by atoms with Crippen LogP contribution in [0.15, 0.2) is 54.6 Å². The normalized spacial score (nSPS) is 17.7. The van der Waals surface area contributed by atoms with Gasteiger partial charge in [-0.05, 0) is 60.2 Å². The summed E-state index contributed by atoms with van der Waals surface area (Å²) < 4.78 is 12.1. The Morgan fingerprint density at radius 2 is 1.69 bits per heavy atom. The monoisotopic (exact) mass is 583 g/mol. The van der Waals surface area contributed by atoms with Gasteiger partial charge in [-0.25, -0.2) is 4.39 Å². The van der Waals surface area contributed by atoms with Crippen LogP contribution in [0.3, 0.4) is 0 Å². The van der Waals surface area contributed by atoms with Crippen LogP contribution >= 0.6 is 58.0 Å². The number of alkyl halides is 2. The molecular formula is C25H15Cl5FN3O2. The van der Waals surface area contributed by atoms with E-state index < -0.39 is 33.8 Å². The molecule has 0 heterocycles. The lowest BCUT2D eigenvalue weighted by Gasteiger charge is -2.20. The second-order valence-electron chi connectivity index (χ2n) is 8.15. The molecule has 4 rings (SSSR count). The van der Waals surface area contributed by atoms with Gasteiger partial charge >= 0.3 is 0 Å². The van der Waals surface area contributed by atoms with Crippen LogP contribution in [-0.2, 0) is 4.79 Å². The van der Waals surface area contributed by atoms with E-state index in [-0.39, 0.29) is 27.5 Å². The van der Waals surface area contributed by atoms with Gasteiger partial charge in [0.2, 0.25) is 5.91 Å². The van der Waals surface area contributed by atoms with E-state index in [1.54, 1.807) is 18.2 Å². The summed E-state index contributed by atoms with van der Waals surface area (Å²) in [7, 11) is 1.43. The first kappa shape index (κ1) is 26.5. The maximum Gasteiger partial charge on any atom is 0.259 e. The van der Waals surface area contributed by atoms with Crippen LogP contribution in [0.25, 0.3) is 0 Å². The molecular weight excluding hydrogens is 571 g/mol. The number of carbonyl (C=O) groups excluding carboxylic acids is 2. The molecule has 0 radical (unpaired) electrons. The summed E-state index contributed by atoms with van der Waals surface area (Å²) in [5.74, 6) is -2.99. The molecule has 1 aliphatic rings. The van der Waals surface area contributed by atoms with Crippen molar-refractivity contribution >= 4 is 81.2 Å². The average molecular weight is 586 g/mol. The van der Waals surface area contributed by atoms with Crippen molar-refractivity contribution in [2.45, 2.75) is 10.3 Å². The van der Waals surface area contributed by atoms with Crippen molar-refractivity contribution in [1.29, 1.82) is 5.26 Å². The summed E-state index contributed by atoms with van der Waals surface area (Å²) in [6, 6.07) is 14.6. The average Bonchev–Trinajstić information content (AvgIpc) is 3.40. The molecule has 2 atom stereocenters. The first-order valence-corrected chi connectivity index (χ1v) is 12.2. The van der Waals surface area contributed by atoms with Crippen molar-refractivity contribution in [1.82, 2.24) is 0 Å². The molecule has 5 nitrogen and oxygen atoms in total. The van der Waals surface area contributed by atoms with Crippen molar-refractivity contribution in [3.05, 3.63) is 92.2 Å². The summed E-state index contributed by atoms with van der Waals surface area (Å²) in [4.78, 5) is 27.4. The SMILES string of the molecule is CN(C(=O)c1cc(NC(=O)[C@H]2[C@H](c3cc(Cl)cc(Cl)c3)C2(Cl)Cl)ccc1Cl)c1ccc(F)cc1C#N. The Balaban J connectivity index is 1.56. The molecule has 0 bridgehead atoms. The number of rotatable bonds is 5. The molecule has 3 aromatic carbocycles. The number of nitriles is 1. The molecule has 2 amide bonds. The maximum absolute atomic E-state index is 13.5. The number of nitrogens with zero attached hydrogens (tertiary/aromatic N) is 2. The highest BCUT2D eigenvalue weighted by atomic mass is 35.5. The van der Waals surface area contributed by atoms with Gasteiger partial charge in [0.05, 0.1) is 27.8 Å². The van der Waals surface area contributed by atoms with Gasteiger partial charge in [0.1, 0.15) is 16.2 Å². The van der Waals surface area contributed by atoms with E-state index in [1.807, 2.05) is 6.07 Å². The van der Waals surface area contributed by atoms with E-state index in [9.17, 15) is 19.2 Å². The van der Waals surface area contributed by atoms with Crippen LogP contribution in [0.5, 0.6) is 0 Å². The fraction of sp³-hybridized carbons (Fsp3) is 0.160. The van der Waals surface area contributed by atoms with Crippen LogP contribution in [0, 0.1) is 23.1 Å². The molecule has 0 unspecified atom stereocenters. The molecule has 184 valence electrons. The lowest BCUT2D eigenvalue weighted by atomic mass is 10.1. The molecule has 0 aliphatic heterocycles. The van der Waals surface area contributed by atoms with E-state index in [0.717, 1.165) is 12.1 Å². The van der Waals surface area contributed by atoms with Crippen molar-refractivity contribution in [2.24, 2.45) is 5.92 Å². The number of carbonyl (C=O) groups is 2. The minimum atomic E-state index is -1.38. The van der Waals surface area contributed by atoms with Crippen LogP contribution in [0.1, 0.15) is 27.4 Å². The highest BCUT2D eigenvalue weighted by molar-refractivity contribution is 6.53. The predicted octanol–water partition coefficient (Wildman–Crippen LogP) is 7.46. The Labute approximate surface area is 231 Å². The van der Waals surface area contributed by atoms with Crippen LogP contribution < -0.4 is 10.2 Å². The molecule has 1 aliphatic carbocycles. The van der Waals surface area contributed by atoms with Gasteiger partial charge < -0.3 is 10.2 Å². The summed E-state index contributed by atoms with van der Waals surface area (Å²) in [5.41, 5.74) is 1.14. The fourth-order valence-electron chi connectivity index (χ4n) is 3.99. The van der Waals surface area contributed by atoms with Crippen molar-refractivity contribution < 1.29 is 14.0 Å². The fourth-order valence-corrected chi connectivity index (χ4v) is 5.56. The molecule has 11 heteroatoms. The van der Waals surface area contributed by atoms with Gasteiger partial charge in [0.25, 0.3) is 5.91 Å². The summed E-state index contributed by atoms with van der Waals surface area (Å²) in [6.07, 6.45) is 0. The highest BCUT2D eigenvalue weighted by Crippen LogP contribution is 2.65. The Hall–Kier alpha value is -2.53. The summed E-state index contributed by atoms with van der Waals surface area (Å²) in [6.45, 7) is 0. The van der Waals surface area contributed by atoms with Gasteiger partial charge in [-0.15, -0.1) is 23.2 Å². The largest absolute Gasteiger partial charge is 0.326 e. The van der Waals surface area contributed by atoms with Crippen LogP contribution in [-0.4, -0.2) is 23.2 Å². The lowest BCUT2D eigenvalue weighted by Crippen LogP contribution is -2.27. The Morgan fingerprint density at radius 3 is 2.33 bits per heavy atom. The van der Waals surface area contributed by atoms with Crippen molar-refractivity contribution in [3.63, 3.8) is 0 Å². The minimum absolute atomic E-state index is 0.0205. The molecule has 1 fully saturated rings. The predicted molar refractivity (Wildman–Crippen MR) is 141 cm³/mol. The molecule has 1 N–H and O–H groups in total. The summed E-state index contributed by atoms with van der Waals surface area (Å²) in [5, 5.41) is 12.9.